The summed E-state index contributed by atoms with van der Waals surface area (Å²) in [5.41, 5.74) is 3.65. The van der Waals surface area contributed by atoms with Gasteiger partial charge >= 0.3 is 5.97 Å². The molecule has 5 heteroatoms. The van der Waals surface area contributed by atoms with E-state index in [9.17, 15) is 9.59 Å². The minimum Gasteiger partial charge on any atom is -0.462 e. The molecule has 0 radical (unpaired) electrons. The van der Waals surface area contributed by atoms with Gasteiger partial charge in [-0.25, -0.2) is 4.79 Å². The Bertz CT molecular complexity index is 1030. The first-order valence-electron chi connectivity index (χ1n) is 10.5. The molecule has 158 valence electrons. The van der Waals surface area contributed by atoms with Gasteiger partial charge in [0.2, 0.25) is 5.91 Å². The van der Waals surface area contributed by atoms with Crippen LogP contribution in [0.5, 0.6) is 11.5 Å². The van der Waals surface area contributed by atoms with E-state index in [1.165, 1.54) is 0 Å². The van der Waals surface area contributed by atoms with E-state index < -0.39 is 0 Å². The van der Waals surface area contributed by atoms with Crippen LogP contribution >= 0.6 is 0 Å². The van der Waals surface area contributed by atoms with Crippen LogP contribution in [-0.4, -0.2) is 25.0 Å². The molecule has 0 unspecified atom stereocenters. The molecule has 3 aromatic rings. The zero-order valence-corrected chi connectivity index (χ0v) is 17.5. The summed E-state index contributed by atoms with van der Waals surface area (Å²) in [5, 5.41) is 3.03. The number of rotatable bonds is 7. The van der Waals surface area contributed by atoms with Gasteiger partial charge in [0.15, 0.2) is 0 Å². The van der Waals surface area contributed by atoms with Crippen molar-refractivity contribution < 1.29 is 19.1 Å². The van der Waals surface area contributed by atoms with Gasteiger partial charge in [-0.1, -0.05) is 48.5 Å². The Morgan fingerprint density at radius 3 is 2.13 bits per heavy atom. The molecule has 0 aromatic heterocycles. The van der Waals surface area contributed by atoms with E-state index in [2.05, 4.69) is 5.32 Å². The van der Waals surface area contributed by atoms with Crippen LogP contribution in [0.15, 0.2) is 72.8 Å². The number of para-hydroxylation sites is 2. The molecule has 0 aliphatic carbocycles. The van der Waals surface area contributed by atoms with Crippen molar-refractivity contribution in [2.24, 2.45) is 0 Å². The second-order valence-electron chi connectivity index (χ2n) is 7.45. The molecular formula is C26H25NO4. The van der Waals surface area contributed by atoms with E-state index in [1.54, 1.807) is 19.1 Å². The fraction of sp³-hybridized carbons (Fsp3) is 0.231. The highest BCUT2D eigenvalue weighted by atomic mass is 16.5. The van der Waals surface area contributed by atoms with Crippen LogP contribution in [0, 0.1) is 0 Å². The molecule has 0 saturated carbocycles. The molecule has 5 nitrogen and oxygen atoms in total. The predicted octanol–water partition coefficient (Wildman–Crippen LogP) is 4.85. The van der Waals surface area contributed by atoms with Crippen LogP contribution in [0.1, 0.15) is 46.3 Å². The summed E-state index contributed by atoms with van der Waals surface area (Å²) in [5.74, 6) is 1.26. The molecule has 0 atom stereocenters. The molecule has 31 heavy (non-hydrogen) atoms. The van der Waals surface area contributed by atoms with E-state index in [4.69, 9.17) is 9.47 Å². The van der Waals surface area contributed by atoms with Crippen molar-refractivity contribution >= 4 is 11.9 Å². The number of carbonyl (C=O) groups is 2. The third kappa shape index (κ3) is 4.77. The fourth-order valence-electron chi connectivity index (χ4n) is 3.85. The highest BCUT2D eigenvalue weighted by Gasteiger charge is 2.28. The van der Waals surface area contributed by atoms with Crippen molar-refractivity contribution in [2.45, 2.75) is 25.7 Å². The number of benzene rings is 3. The fourth-order valence-corrected chi connectivity index (χ4v) is 3.85. The summed E-state index contributed by atoms with van der Waals surface area (Å²) in [7, 11) is 0. The van der Waals surface area contributed by atoms with Gasteiger partial charge < -0.3 is 14.8 Å². The van der Waals surface area contributed by atoms with Gasteiger partial charge in [0, 0.05) is 30.0 Å². The zero-order chi connectivity index (χ0) is 21.6. The van der Waals surface area contributed by atoms with Crippen molar-refractivity contribution in [2.75, 3.05) is 13.2 Å². The van der Waals surface area contributed by atoms with Gasteiger partial charge in [-0.05, 0) is 43.2 Å². The minimum absolute atomic E-state index is 0.000324. The summed E-state index contributed by atoms with van der Waals surface area (Å²) >= 11 is 0. The van der Waals surface area contributed by atoms with Gasteiger partial charge in [-0.2, -0.15) is 0 Å². The quantitative estimate of drug-likeness (QED) is 0.560. The van der Waals surface area contributed by atoms with E-state index >= 15 is 0 Å². The molecule has 1 amide bonds. The standard InChI is InChI=1S/C26H25NO4/c1-2-30-26(29)19-13-11-18(12-14-19)15-16-27-25(28)17-22-20-7-3-5-9-23(20)31-24-10-6-4-8-21(22)24/h3-14,22H,2,15-17H2,1H3,(H,27,28). The summed E-state index contributed by atoms with van der Waals surface area (Å²) in [6.45, 7) is 2.67. The average molecular weight is 415 g/mol. The van der Waals surface area contributed by atoms with E-state index in [0.717, 1.165) is 28.2 Å². The first-order chi connectivity index (χ1) is 15.2. The van der Waals surface area contributed by atoms with Crippen molar-refractivity contribution in [3.05, 3.63) is 95.1 Å². The largest absolute Gasteiger partial charge is 0.462 e. The smallest absolute Gasteiger partial charge is 0.338 e. The van der Waals surface area contributed by atoms with Crippen LogP contribution in [0.2, 0.25) is 0 Å². The molecule has 0 saturated heterocycles. The number of ether oxygens (including phenoxy) is 2. The van der Waals surface area contributed by atoms with Crippen molar-refractivity contribution in [3.63, 3.8) is 0 Å². The second-order valence-corrected chi connectivity index (χ2v) is 7.45. The summed E-state index contributed by atoms with van der Waals surface area (Å²) in [6, 6.07) is 23.0. The minimum atomic E-state index is -0.320. The number of fused-ring (bicyclic) bond motifs is 2. The second kappa shape index (κ2) is 9.47. The third-order valence-corrected chi connectivity index (χ3v) is 5.40. The molecular weight excluding hydrogens is 390 g/mol. The third-order valence-electron chi connectivity index (χ3n) is 5.40. The summed E-state index contributed by atoms with van der Waals surface area (Å²) < 4.78 is 11.0. The van der Waals surface area contributed by atoms with Gasteiger partial charge in [0.25, 0.3) is 0 Å². The van der Waals surface area contributed by atoms with E-state index in [1.807, 2.05) is 60.7 Å². The first-order valence-corrected chi connectivity index (χ1v) is 10.5. The van der Waals surface area contributed by atoms with Crippen molar-refractivity contribution in [1.82, 2.24) is 5.32 Å². The molecule has 0 bridgehead atoms. The Hall–Kier alpha value is -3.60. The SMILES string of the molecule is CCOC(=O)c1ccc(CCNC(=O)CC2c3ccccc3Oc3ccccc32)cc1. The summed E-state index contributed by atoms with van der Waals surface area (Å²) in [4.78, 5) is 24.5. The van der Waals surface area contributed by atoms with E-state index in [0.29, 0.717) is 31.6 Å². The Labute approximate surface area is 182 Å². The molecule has 0 spiro atoms. The normalized spacial score (nSPS) is 12.3. The van der Waals surface area contributed by atoms with E-state index in [-0.39, 0.29) is 17.8 Å². The van der Waals surface area contributed by atoms with Gasteiger partial charge in [0.1, 0.15) is 11.5 Å². The topological polar surface area (TPSA) is 64.6 Å². The molecule has 4 rings (SSSR count). The number of hydrogen-bond acceptors (Lipinski definition) is 4. The Kier molecular flexibility index (Phi) is 6.32. The lowest BCUT2D eigenvalue weighted by Crippen LogP contribution is -2.28. The average Bonchev–Trinajstić information content (AvgIpc) is 2.79. The molecule has 1 N–H and O–H groups in total. The predicted molar refractivity (Wildman–Crippen MR) is 119 cm³/mol. The van der Waals surface area contributed by atoms with Crippen LogP contribution < -0.4 is 10.1 Å². The monoisotopic (exact) mass is 415 g/mol. The molecule has 3 aromatic carbocycles. The van der Waals surface area contributed by atoms with Crippen LogP contribution in [0.25, 0.3) is 0 Å². The molecule has 1 heterocycles. The van der Waals surface area contributed by atoms with Crippen molar-refractivity contribution in [3.8, 4) is 11.5 Å². The zero-order valence-electron chi connectivity index (χ0n) is 17.5. The lowest BCUT2D eigenvalue weighted by atomic mass is 9.85. The maximum atomic E-state index is 12.7. The Morgan fingerprint density at radius 2 is 1.52 bits per heavy atom. The number of carbonyl (C=O) groups excluding carboxylic acids is 2. The molecule has 1 aliphatic heterocycles. The highest BCUT2D eigenvalue weighted by Crippen LogP contribution is 2.45. The van der Waals surface area contributed by atoms with Crippen LogP contribution in [-0.2, 0) is 16.0 Å². The highest BCUT2D eigenvalue weighted by molar-refractivity contribution is 5.89. The van der Waals surface area contributed by atoms with Gasteiger partial charge in [-0.15, -0.1) is 0 Å². The van der Waals surface area contributed by atoms with Gasteiger partial charge in [-0.3, -0.25) is 4.79 Å². The number of hydrogen-bond donors (Lipinski definition) is 1. The molecule has 0 fully saturated rings. The first kappa shape index (κ1) is 20.7. The lowest BCUT2D eigenvalue weighted by molar-refractivity contribution is -0.121. The molecule has 1 aliphatic rings. The Balaban J connectivity index is 1.36. The number of amides is 1. The Morgan fingerprint density at radius 1 is 0.903 bits per heavy atom. The number of esters is 1. The number of nitrogens with one attached hydrogen (secondary N) is 1. The summed E-state index contributed by atoms with van der Waals surface area (Å²) in [6.07, 6.45) is 1.05. The lowest BCUT2D eigenvalue weighted by Gasteiger charge is -2.27. The maximum Gasteiger partial charge on any atom is 0.338 e. The van der Waals surface area contributed by atoms with Gasteiger partial charge in [0.05, 0.1) is 12.2 Å². The van der Waals surface area contributed by atoms with Crippen LogP contribution in [0.4, 0.5) is 0 Å². The van der Waals surface area contributed by atoms with Crippen LogP contribution in [0.3, 0.4) is 0 Å². The maximum absolute atomic E-state index is 12.7. The van der Waals surface area contributed by atoms with Crippen molar-refractivity contribution in [1.29, 1.82) is 0 Å².